The van der Waals surface area contributed by atoms with E-state index >= 15 is 0 Å². The van der Waals surface area contributed by atoms with Crippen molar-refractivity contribution in [1.82, 2.24) is 29.4 Å². The fourth-order valence-corrected chi connectivity index (χ4v) is 5.02. The maximum Gasteiger partial charge on any atom is 0.281 e. The molecule has 5 rings (SSSR count). The number of pyridine rings is 1. The molecule has 0 saturated carbocycles. The molecular formula is C22H23F2N7O2S. The zero-order valence-corrected chi connectivity index (χ0v) is 19.7. The number of halogens is 2. The number of carbonyl (C=O) groups is 1. The van der Waals surface area contributed by atoms with Crippen LogP contribution in [0.1, 0.15) is 42.0 Å². The first-order chi connectivity index (χ1) is 16.3. The SMILES string of the molecule is C[C@@H]1CN(c2nc3cc(CC(=O)c4c(-c5nc(C(F)F)cs5)cnn4C)ccn3n2)C[C@H](C)O1. The van der Waals surface area contributed by atoms with E-state index in [1.807, 2.05) is 26.0 Å². The van der Waals surface area contributed by atoms with E-state index in [9.17, 15) is 13.6 Å². The predicted molar refractivity (Wildman–Crippen MR) is 123 cm³/mol. The Morgan fingerprint density at radius 2 is 2.03 bits per heavy atom. The Morgan fingerprint density at radius 1 is 1.26 bits per heavy atom. The highest BCUT2D eigenvalue weighted by atomic mass is 32.1. The molecule has 34 heavy (non-hydrogen) atoms. The highest BCUT2D eigenvalue weighted by molar-refractivity contribution is 7.13. The zero-order valence-electron chi connectivity index (χ0n) is 18.9. The molecule has 0 bridgehead atoms. The average Bonchev–Trinajstić information content (AvgIpc) is 3.50. The number of thiazole rings is 1. The van der Waals surface area contributed by atoms with E-state index in [2.05, 4.69) is 25.1 Å². The average molecular weight is 488 g/mol. The van der Waals surface area contributed by atoms with Crippen molar-refractivity contribution < 1.29 is 18.3 Å². The molecule has 2 atom stereocenters. The number of rotatable bonds is 6. The number of hydrogen-bond acceptors (Lipinski definition) is 8. The van der Waals surface area contributed by atoms with E-state index < -0.39 is 6.43 Å². The third-order valence-electron chi connectivity index (χ3n) is 5.64. The first-order valence-corrected chi connectivity index (χ1v) is 11.7. The maximum absolute atomic E-state index is 13.2. The smallest absolute Gasteiger partial charge is 0.281 e. The van der Waals surface area contributed by atoms with Crippen LogP contribution in [0.2, 0.25) is 0 Å². The standard InChI is InChI=1S/C22H23F2N7O2S/c1-12-9-30(10-13(2)33-12)22-27-18-7-14(4-5-31(18)28-22)6-17(32)19-15(8-25-29(19)3)21-26-16(11-34-21)20(23)24/h4-5,7-8,11-13,20H,6,9-10H2,1-3H3/t12-,13+. The number of carbonyl (C=O) groups excluding carboxylic acids is 1. The number of ketones is 1. The number of aryl methyl sites for hydroxylation is 1. The lowest BCUT2D eigenvalue weighted by Gasteiger charge is -2.34. The molecule has 0 spiro atoms. The van der Waals surface area contributed by atoms with Gasteiger partial charge in [-0.15, -0.1) is 16.4 Å². The summed E-state index contributed by atoms with van der Waals surface area (Å²) < 4.78 is 34.9. The van der Waals surface area contributed by atoms with Crippen molar-refractivity contribution in [3.63, 3.8) is 0 Å². The number of aromatic nitrogens is 6. The molecule has 0 radical (unpaired) electrons. The highest BCUT2D eigenvalue weighted by Gasteiger charge is 2.26. The fraction of sp³-hybridized carbons (Fsp3) is 0.409. The van der Waals surface area contributed by atoms with Crippen molar-refractivity contribution in [1.29, 1.82) is 0 Å². The van der Waals surface area contributed by atoms with Crippen LogP contribution in [0.15, 0.2) is 29.9 Å². The number of nitrogens with zero attached hydrogens (tertiary/aromatic N) is 7. The molecule has 0 aromatic carbocycles. The highest BCUT2D eigenvalue weighted by Crippen LogP contribution is 2.31. The third kappa shape index (κ3) is 4.30. The molecule has 178 valence electrons. The van der Waals surface area contributed by atoms with E-state index in [-0.39, 0.29) is 30.1 Å². The summed E-state index contributed by atoms with van der Waals surface area (Å²) in [5.74, 6) is 0.432. The molecular weight excluding hydrogens is 464 g/mol. The van der Waals surface area contributed by atoms with Gasteiger partial charge in [0.05, 0.1) is 24.0 Å². The Labute approximate surface area is 198 Å². The Hall–Kier alpha value is -3.25. The van der Waals surface area contributed by atoms with Crippen LogP contribution in [-0.2, 0) is 18.2 Å². The van der Waals surface area contributed by atoms with Gasteiger partial charge in [-0.2, -0.15) is 10.1 Å². The van der Waals surface area contributed by atoms with Crippen LogP contribution >= 0.6 is 11.3 Å². The summed E-state index contributed by atoms with van der Waals surface area (Å²) in [6.45, 7) is 5.46. The van der Waals surface area contributed by atoms with Crippen LogP contribution in [0.25, 0.3) is 16.2 Å². The molecule has 1 fully saturated rings. The van der Waals surface area contributed by atoms with Gasteiger partial charge in [0, 0.05) is 38.1 Å². The number of ether oxygens (including phenoxy) is 1. The van der Waals surface area contributed by atoms with Gasteiger partial charge in [-0.05, 0) is 31.5 Å². The summed E-state index contributed by atoms with van der Waals surface area (Å²) in [4.78, 5) is 23.9. The van der Waals surface area contributed by atoms with Crippen molar-refractivity contribution in [3.8, 4) is 10.6 Å². The quantitative estimate of drug-likeness (QED) is 0.384. The van der Waals surface area contributed by atoms with Crippen LogP contribution in [0.5, 0.6) is 0 Å². The van der Waals surface area contributed by atoms with Gasteiger partial charge in [-0.3, -0.25) is 9.48 Å². The summed E-state index contributed by atoms with van der Waals surface area (Å²) >= 11 is 1.07. The van der Waals surface area contributed by atoms with Crippen molar-refractivity contribution >= 4 is 28.7 Å². The Kier molecular flexibility index (Phi) is 5.86. The molecule has 12 heteroatoms. The number of anilines is 1. The Balaban J connectivity index is 1.38. The number of alkyl halides is 2. The van der Waals surface area contributed by atoms with Gasteiger partial charge in [-0.1, -0.05) is 0 Å². The van der Waals surface area contributed by atoms with Crippen LogP contribution in [0.3, 0.4) is 0 Å². The van der Waals surface area contributed by atoms with Crippen LogP contribution in [0.4, 0.5) is 14.7 Å². The minimum Gasteiger partial charge on any atom is -0.372 e. The Bertz CT molecular complexity index is 1340. The van der Waals surface area contributed by atoms with Crippen molar-refractivity contribution in [2.45, 2.75) is 38.9 Å². The van der Waals surface area contributed by atoms with Gasteiger partial charge in [0.2, 0.25) is 5.95 Å². The summed E-state index contributed by atoms with van der Waals surface area (Å²) in [7, 11) is 1.65. The van der Waals surface area contributed by atoms with E-state index in [1.165, 1.54) is 16.3 Å². The van der Waals surface area contributed by atoms with Gasteiger partial charge < -0.3 is 9.64 Å². The summed E-state index contributed by atoms with van der Waals surface area (Å²) in [5.41, 5.74) is 1.87. The van der Waals surface area contributed by atoms with Crippen molar-refractivity contribution in [2.24, 2.45) is 7.05 Å². The normalized spacial score (nSPS) is 18.8. The maximum atomic E-state index is 13.2. The van der Waals surface area contributed by atoms with Crippen LogP contribution in [0, 0.1) is 0 Å². The van der Waals surface area contributed by atoms with Crippen molar-refractivity contribution in [2.75, 3.05) is 18.0 Å². The second-order valence-electron chi connectivity index (χ2n) is 8.42. The summed E-state index contributed by atoms with van der Waals surface area (Å²) in [5, 5.41) is 10.4. The predicted octanol–water partition coefficient (Wildman–Crippen LogP) is 3.56. The summed E-state index contributed by atoms with van der Waals surface area (Å²) in [6, 6.07) is 3.65. The second-order valence-corrected chi connectivity index (χ2v) is 9.28. The minimum absolute atomic E-state index is 0.0891. The molecule has 4 aromatic heterocycles. The molecule has 5 heterocycles. The van der Waals surface area contributed by atoms with Gasteiger partial charge in [0.25, 0.3) is 6.43 Å². The fourth-order valence-electron chi connectivity index (χ4n) is 4.20. The zero-order chi connectivity index (χ0) is 24.0. The third-order valence-corrected chi connectivity index (χ3v) is 6.53. The molecule has 0 aliphatic carbocycles. The van der Waals surface area contributed by atoms with Gasteiger partial charge in [0.1, 0.15) is 16.4 Å². The molecule has 1 aliphatic rings. The van der Waals surface area contributed by atoms with Crippen LogP contribution < -0.4 is 4.90 Å². The second kappa shape index (κ2) is 8.84. The number of morpholine rings is 1. The topological polar surface area (TPSA) is 90.4 Å². The monoisotopic (exact) mass is 487 g/mol. The van der Waals surface area contributed by atoms with E-state index in [0.29, 0.717) is 41.0 Å². The lowest BCUT2D eigenvalue weighted by atomic mass is 10.1. The van der Waals surface area contributed by atoms with Crippen LogP contribution in [-0.4, -0.2) is 60.4 Å². The molecule has 0 unspecified atom stereocenters. The first-order valence-electron chi connectivity index (χ1n) is 10.8. The van der Waals surface area contributed by atoms with Crippen molar-refractivity contribution in [3.05, 3.63) is 46.9 Å². The number of fused-ring (bicyclic) bond motifs is 1. The number of Topliss-reactive ketones (excluding diaryl/α,β-unsaturated/α-hetero) is 1. The molecule has 1 saturated heterocycles. The number of hydrogen-bond donors (Lipinski definition) is 0. The lowest BCUT2D eigenvalue weighted by molar-refractivity contribution is -0.00570. The molecule has 0 N–H and O–H groups in total. The van der Waals surface area contributed by atoms with E-state index in [0.717, 1.165) is 16.9 Å². The van der Waals surface area contributed by atoms with E-state index in [4.69, 9.17) is 4.74 Å². The molecule has 9 nitrogen and oxygen atoms in total. The molecule has 4 aromatic rings. The summed E-state index contributed by atoms with van der Waals surface area (Å²) in [6.07, 6.45) is 0.882. The lowest BCUT2D eigenvalue weighted by Crippen LogP contribution is -2.46. The first kappa shape index (κ1) is 22.5. The molecule has 0 amide bonds. The Morgan fingerprint density at radius 3 is 2.74 bits per heavy atom. The van der Waals surface area contributed by atoms with Gasteiger partial charge >= 0.3 is 0 Å². The van der Waals surface area contributed by atoms with Gasteiger partial charge in [0.15, 0.2) is 11.4 Å². The largest absolute Gasteiger partial charge is 0.372 e. The van der Waals surface area contributed by atoms with Gasteiger partial charge in [-0.25, -0.2) is 18.3 Å². The minimum atomic E-state index is -2.66. The molecule has 1 aliphatic heterocycles. The van der Waals surface area contributed by atoms with E-state index in [1.54, 1.807) is 17.8 Å².